The highest BCUT2D eigenvalue weighted by molar-refractivity contribution is 5.94. The van der Waals surface area contributed by atoms with Gasteiger partial charge in [-0.2, -0.15) is 0 Å². The molecule has 0 unspecified atom stereocenters. The highest BCUT2D eigenvalue weighted by Crippen LogP contribution is 2.52. The third-order valence-corrected chi connectivity index (χ3v) is 5.41. The molecule has 2 aromatic rings. The number of ether oxygens (including phenoxy) is 4. The quantitative estimate of drug-likeness (QED) is 0.708. The largest absolute Gasteiger partial charge is 0.493 e. The Morgan fingerprint density at radius 2 is 1.71 bits per heavy atom. The maximum Gasteiger partial charge on any atom is 0.220 e. The molecule has 1 amide bonds. The van der Waals surface area contributed by atoms with E-state index in [9.17, 15) is 14.4 Å². The summed E-state index contributed by atoms with van der Waals surface area (Å²) in [6.45, 7) is 1.42. The van der Waals surface area contributed by atoms with Gasteiger partial charge < -0.3 is 24.3 Å². The van der Waals surface area contributed by atoms with Crippen molar-refractivity contribution in [2.24, 2.45) is 0 Å². The van der Waals surface area contributed by atoms with E-state index in [4.69, 9.17) is 18.9 Å². The van der Waals surface area contributed by atoms with E-state index in [2.05, 4.69) is 5.32 Å². The molecular formula is C23H25NO7. The van der Waals surface area contributed by atoms with Crippen molar-refractivity contribution in [1.29, 1.82) is 0 Å². The van der Waals surface area contributed by atoms with E-state index in [1.165, 1.54) is 41.4 Å². The minimum absolute atomic E-state index is 0.159. The van der Waals surface area contributed by atoms with E-state index in [1.807, 2.05) is 0 Å². The van der Waals surface area contributed by atoms with Gasteiger partial charge in [-0.3, -0.25) is 14.4 Å². The van der Waals surface area contributed by atoms with Crippen molar-refractivity contribution in [3.05, 3.63) is 45.1 Å². The van der Waals surface area contributed by atoms with Crippen LogP contribution in [0, 0.1) is 0 Å². The number of hydrogen-bond acceptors (Lipinski definition) is 7. The van der Waals surface area contributed by atoms with Gasteiger partial charge in [0.1, 0.15) is 0 Å². The number of fused-ring (bicyclic) bond motifs is 3. The van der Waals surface area contributed by atoms with Gasteiger partial charge in [-0.15, -0.1) is 0 Å². The molecule has 0 saturated carbocycles. The fraction of sp³-hybridized carbons (Fsp3) is 0.348. The first-order valence-corrected chi connectivity index (χ1v) is 9.71. The number of nitrogens with one attached hydrogen (secondary N) is 1. The number of benzene rings is 1. The Labute approximate surface area is 180 Å². The van der Waals surface area contributed by atoms with E-state index in [1.54, 1.807) is 12.1 Å². The fourth-order valence-electron chi connectivity index (χ4n) is 4.15. The van der Waals surface area contributed by atoms with Crippen LogP contribution in [0.5, 0.6) is 23.0 Å². The van der Waals surface area contributed by atoms with Gasteiger partial charge in [0.05, 0.1) is 40.0 Å². The van der Waals surface area contributed by atoms with E-state index in [0.29, 0.717) is 46.4 Å². The van der Waals surface area contributed by atoms with Crippen LogP contribution in [-0.2, 0) is 11.2 Å². The van der Waals surface area contributed by atoms with Crippen LogP contribution >= 0.6 is 0 Å². The normalized spacial score (nSPS) is 14.4. The van der Waals surface area contributed by atoms with E-state index >= 15 is 0 Å². The van der Waals surface area contributed by atoms with Gasteiger partial charge in [0.15, 0.2) is 23.5 Å². The van der Waals surface area contributed by atoms with Crippen molar-refractivity contribution in [3.63, 3.8) is 0 Å². The van der Waals surface area contributed by atoms with Crippen LogP contribution < -0.4 is 29.7 Å². The minimum Gasteiger partial charge on any atom is -0.493 e. The summed E-state index contributed by atoms with van der Waals surface area (Å²) >= 11 is 0. The molecule has 0 radical (unpaired) electrons. The number of amides is 1. The van der Waals surface area contributed by atoms with Crippen molar-refractivity contribution in [2.75, 3.05) is 28.4 Å². The summed E-state index contributed by atoms with van der Waals surface area (Å²) in [6, 6.07) is 4.31. The average Bonchev–Trinajstić information content (AvgIpc) is 3.00. The number of aldehydes is 1. The number of carbonyl (C=O) groups excluding carboxylic acids is 2. The minimum atomic E-state index is -0.453. The van der Waals surface area contributed by atoms with Crippen molar-refractivity contribution in [3.8, 4) is 34.1 Å². The first-order chi connectivity index (χ1) is 14.9. The zero-order valence-electron chi connectivity index (χ0n) is 18.2. The lowest BCUT2D eigenvalue weighted by molar-refractivity contribution is -0.119. The summed E-state index contributed by atoms with van der Waals surface area (Å²) < 4.78 is 21.9. The van der Waals surface area contributed by atoms with Crippen LogP contribution in [0.2, 0.25) is 0 Å². The SMILES string of the molecule is COc1c(C=O)c2c(c(OC)c1OC)-c1ccc(OC)c(=O)cc1[C@@H](NC(C)=O)CC2. The van der Waals surface area contributed by atoms with Crippen molar-refractivity contribution in [2.45, 2.75) is 25.8 Å². The lowest BCUT2D eigenvalue weighted by Gasteiger charge is -2.21. The standard InChI is InChI=1S/C23H25NO7/c1-12(26)24-17-8-6-14-16(11-25)21(29-3)23(31-5)22(30-4)20(14)13-7-9-19(28-2)18(27)10-15(13)17/h7,9-11,17H,6,8H2,1-5H3,(H,24,26)/t17-/m0/s1. The topological polar surface area (TPSA) is 100 Å². The second-order valence-corrected chi connectivity index (χ2v) is 7.06. The Kier molecular flexibility index (Phi) is 6.48. The third kappa shape index (κ3) is 3.81. The summed E-state index contributed by atoms with van der Waals surface area (Å²) in [6.07, 6.45) is 1.63. The van der Waals surface area contributed by atoms with Gasteiger partial charge in [-0.1, -0.05) is 6.07 Å². The average molecular weight is 427 g/mol. The Morgan fingerprint density at radius 1 is 1.03 bits per heavy atom. The van der Waals surface area contributed by atoms with E-state index < -0.39 is 6.04 Å². The molecule has 2 aromatic carbocycles. The van der Waals surface area contributed by atoms with E-state index in [0.717, 1.165) is 6.29 Å². The predicted octanol–water partition coefficient (Wildman–Crippen LogP) is 2.68. The molecule has 3 rings (SSSR count). The Hall–Kier alpha value is -3.55. The number of rotatable bonds is 6. The second-order valence-electron chi connectivity index (χ2n) is 7.06. The molecule has 1 aliphatic rings. The summed E-state index contributed by atoms with van der Waals surface area (Å²) in [7, 11) is 5.83. The van der Waals surface area contributed by atoms with Crippen molar-refractivity contribution in [1.82, 2.24) is 5.32 Å². The zero-order chi connectivity index (χ0) is 22.7. The molecule has 1 aliphatic carbocycles. The van der Waals surface area contributed by atoms with Crippen LogP contribution in [0.3, 0.4) is 0 Å². The molecule has 0 fully saturated rings. The maximum atomic E-state index is 12.7. The van der Waals surface area contributed by atoms with Gasteiger partial charge in [-0.25, -0.2) is 0 Å². The first-order valence-electron chi connectivity index (χ1n) is 9.71. The van der Waals surface area contributed by atoms with Crippen LogP contribution in [0.15, 0.2) is 23.0 Å². The Balaban J connectivity index is 2.51. The molecule has 1 atom stereocenters. The van der Waals surface area contributed by atoms with Gasteiger partial charge >= 0.3 is 0 Å². The Bertz CT molecular complexity index is 1090. The van der Waals surface area contributed by atoms with Gasteiger partial charge in [0, 0.05) is 12.5 Å². The lowest BCUT2D eigenvalue weighted by Crippen LogP contribution is -2.26. The zero-order valence-corrected chi connectivity index (χ0v) is 18.2. The first kappa shape index (κ1) is 22.1. The van der Waals surface area contributed by atoms with Crippen LogP contribution in [0.1, 0.15) is 40.9 Å². The van der Waals surface area contributed by atoms with Gasteiger partial charge in [0.2, 0.25) is 17.1 Å². The second kappa shape index (κ2) is 9.07. The predicted molar refractivity (Wildman–Crippen MR) is 115 cm³/mol. The molecule has 31 heavy (non-hydrogen) atoms. The molecular weight excluding hydrogens is 402 g/mol. The highest BCUT2D eigenvalue weighted by Gasteiger charge is 2.32. The van der Waals surface area contributed by atoms with Gasteiger partial charge in [0.25, 0.3) is 0 Å². The van der Waals surface area contributed by atoms with E-state index in [-0.39, 0.29) is 28.6 Å². The molecule has 8 heteroatoms. The molecule has 0 aliphatic heterocycles. The molecule has 0 spiro atoms. The molecule has 0 saturated heterocycles. The van der Waals surface area contributed by atoms with Crippen LogP contribution in [0.25, 0.3) is 11.1 Å². The highest BCUT2D eigenvalue weighted by atomic mass is 16.5. The summed E-state index contributed by atoms with van der Waals surface area (Å²) in [5.41, 5.74) is 2.55. The third-order valence-electron chi connectivity index (χ3n) is 5.41. The fourth-order valence-corrected chi connectivity index (χ4v) is 4.15. The van der Waals surface area contributed by atoms with Crippen molar-refractivity contribution < 1.29 is 28.5 Å². The van der Waals surface area contributed by atoms with Crippen LogP contribution in [0.4, 0.5) is 0 Å². The molecule has 164 valence electrons. The van der Waals surface area contributed by atoms with Crippen molar-refractivity contribution >= 4 is 12.2 Å². The smallest absolute Gasteiger partial charge is 0.220 e. The monoisotopic (exact) mass is 427 g/mol. The number of hydrogen-bond donors (Lipinski definition) is 1. The molecule has 1 N–H and O–H groups in total. The van der Waals surface area contributed by atoms with Crippen LogP contribution in [-0.4, -0.2) is 40.6 Å². The van der Waals surface area contributed by atoms with Gasteiger partial charge in [-0.05, 0) is 41.7 Å². The molecule has 0 heterocycles. The molecule has 8 nitrogen and oxygen atoms in total. The number of methoxy groups -OCH3 is 4. The Morgan fingerprint density at radius 3 is 2.26 bits per heavy atom. The lowest BCUT2D eigenvalue weighted by atomic mass is 9.92. The summed E-state index contributed by atoms with van der Waals surface area (Å²) in [5, 5.41) is 2.91. The molecule has 0 bridgehead atoms. The summed E-state index contributed by atoms with van der Waals surface area (Å²) in [4.78, 5) is 36.7. The summed E-state index contributed by atoms with van der Waals surface area (Å²) in [5.74, 6) is 0.852. The maximum absolute atomic E-state index is 12.7. The number of carbonyl (C=O) groups is 2. The molecule has 0 aromatic heterocycles.